The minimum Gasteiger partial charge on any atom is -0.353 e. The predicted molar refractivity (Wildman–Crippen MR) is 84.5 cm³/mol. The summed E-state index contributed by atoms with van der Waals surface area (Å²) in [5.41, 5.74) is 0.987. The first-order valence-electron chi connectivity index (χ1n) is 6.95. The van der Waals surface area contributed by atoms with E-state index in [-0.39, 0.29) is 11.9 Å². The van der Waals surface area contributed by atoms with Crippen molar-refractivity contribution in [1.29, 1.82) is 0 Å². The van der Waals surface area contributed by atoms with Crippen LogP contribution in [0.1, 0.15) is 20.8 Å². The summed E-state index contributed by atoms with van der Waals surface area (Å²) in [5.74, 6) is 0.776. The molecule has 0 fully saturated rings. The summed E-state index contributed by atoms with van der Waals surface area (Å²) in [5, 5.41) is 11.7. The third-order valence-corrected chi connectivity index (χ3v) is 4.21. The molecular formula is C15H20N4OS. The Kier molecular flexibility index (Phi) is 5.38. The zero-order chi connectivity index (χ0) is 15.2. The third-order valence-electron chi connectivity index (χ3n) is 3.27. The van der Waals surface area contributed by atoms with Gasteiger partial charge in [0.2, 0.25) is 5.91 Å². The zero-order valence-electron chi connectivity index (χ0n) is 12.5. The first kappa shape index (κ1) is 15.6. The molecule has 21 heavy (non-hydrogen) atoms. The summed E-state index contributed by atoms with van der Waals surface area (Å²) >= 11 is 1.39. The highest BCUT2D eigenvalue weighted by atomic mass is 32.2. The van der Waals surface area contributed by atoms with Gasteiger partial charge in [-0.3, -0.25) is 9.36 Å². The fourth-order valence-corrected chi connectivity index (χ4v) is 2.42. The van der Waals surface area contributed by atoms with Crippen LogP contribution in [-0.4, -0.2) is 32.5 Å². The normalized spacial score (nSPS) is 12.4. The van der Waals surface area contributed by atoms with Crippen molar-refractivity contribution in [2.75, 3.05) is 5.75 Å². The first-order valence-corrected chi connectivity index (χ1v) is 7.94. The molecule has 1 N–H and O–H groups in total. The molecule has 1 aromatic heterocycles. The summed E-state index contributed by atoms with van der Waals surface area (Å²) in [6.07, 6.45) is 1.66. The third kappa shape index (κ3) is 4.32. The Hall–Kier alpha value is -1.82. The van der Waals surface area contributed by atoms with Gasteiger partial charge in [-0.15, -0.1) is 10.2 Å². The second kappa shape index (κ2) is 7.26. The van der Waals surface area contributed by atoms with Gasteiger partial charge in [-0.25, -0.2) is 0 Å². The standard InChI is InChI=1S/C15H20N4OS/c1-11(2)12(3)17-14(20)9-21-15-18-16-10-19(15)13-7-5-4-6-8-13/h4-8,10-12H,9H2,1-3H3,(H,17,20). The second-order valence-corrected chi connectivity index (χ2v) is 6.15. The van der Waals surface area contributed by atoms with Gasteiger partial charge < -0.3 is 5.32 Å². The van der Waals surface area contributed by atoms with Gasteiger partial charge in [0.05, 0.1) is 5.75 Å². The number of thioether (sulfide) groups is 1. The van der Waals surface area contributed by atoms with Crippen LogP contribution in [0.25, 0.3) is 5.69 Å². The number of hydrogen-bond donors (Lipinski definition) is 1. The summed E-state index contributed by atoms with van der Waals surface area (Å²) in [6.45, 7) is 6.19. The largest absolute Gasteiger partial charge is 0.353 e. The minimum atomic E-state index is 0.0174. The van der Waals surface area contributed by atoms with E-state index in [0.29, 0.717) is 16.8 Å². The Balaban J connectivity index is 1.96. The number of benzene rings is 1. The van der Waals surface area contributed by atoms with Crippen LogP contribution in [0.3, 0.4) is 0 Å². The van der Waals surface area contributed by atoms with E-state index in [1.54, 1.807) is 6.33 Å². The lowest BCUT2D eigenvalue weighted by Crippen LogP contribution is -2.37. The van der Waals surface area contributed by atoms with Crippen molar-refractivity contribution in [2.45, 2.75) is 32.0 Å². The molecule has 1 atom stereocenters. The molecule has 5 nitrogen and oxygen atoms in total. The Bertz CT molecular complexity index is 582. The van der Waals surface area contributed by atoms with Gasteiger partial charge in [-0.2, -0.15) is 0 Å². The molecule has 1 unspecified atom stereocenters. The monoisotopic (exact) mass is 304 g/mol. The molecule has 0 aliphatic carbocycles. The van der Waals surface area contributed by atoms with E-state index in [4.69, 9.17) is 0 Å². The molecule has 112 valence electrons. The van der Waals surface area contributed by atoms with Gasteiger partial charge in [-0.1, -0.05) is 43.8 Å². The number of amides is 1. The van der Waals surface area contributed by atoms with Gasteiger partial charge in [0.1, 0.15) is 6.33 Å². The lowest BCUT2D eigenvalue weighted by molar-refractivity contribution is -0.119. The molecule has 0 bridgehead atoms. The molecule has 0 aliphatic heterocycles. The quantitative estimate of drug-likeness (QED) is 0.833. The summed E-state index contributed by atoms with van der Waals surface area (Å²) < 4.78 is 1.88. The van der Waals surface area contributed by atoms with E-state index in [1.807, 2.05) is 41.8 Å². The van der Waals surface area contributed by atoms with Crippen molar-refractivity contribution >= 4 is 17.7 Å². The summed E-state index contributed by atoms with van der Waals surface area (Å²) in [7, 11) is 0. The minimum absolute atomic E-state index is 0.0174. The molecule has 6 heteroatoms. The van der Waals surface area contributed by atoms with Gasteiger partial charge in [0.25, 0.3) is 0 Å². The van der Waals surface area contributed by atoms with Crippen molar-refractivity contribution in [3.8, 4) is 5.69 Å². The van der Waals surface area contributed by atoms with Crippen LogP contribution in [0.2, 0.25) is 0 Å². The fourth-order valence-electron chi connectivity index (χ4n) is 1.68. The van der Waals surface area contributed by atoms with E-state index >= 15 is 0 Å². The second-order valence-electron chi connectivity index (χ2n) is 5.21. The molecular weight excluding hydrogens is 284 g/mol. The van der Waals surface area contributed by atoms with Crippen LogP contribution in [0.4, 0.5) is 0 Å². The smallest absolute Gasteiger partial charge is 0.230 e. The van der Waals surface area contributed by atoms with Crippen LogP contribution >= 0.6 is 11.8 Å². The average molecular weight is 304 g/mol. The zero-order valence-corrected chi connectivity index (χ0v) is 13.3. The number of hydrogen-bond acceptors (Lipinski definition) is 4. The van der Waals surface area contributed by atoms with Crippen molar-refractivity contribution in [3.05, 3.63) is 36.7 Å². The van der Waals surface area contributed by atoms with Gasteiger partial charge in [-0.05, 0) is 25.0 Å². The maximum absolute atomic E-state index is 11.9. The number of nitrogens with zero attached hydrogens (tertiary/aromatic N) is 3. The van der Waals surface area contributed by atoms with E-state index in [1.165, 1.54) is 11.8 Å². The highest BCUT2D eigenvalue weighted by Gasteiger charge is 2.13. The van der Waals surface area contributed by atoms with Gasteiger partial charge >= 0.3 is 0 Å². The van der Waals surface area contributed by atoms with E-state index < -0.39 is 0 Å². The molecule has 1 amide bonds. The molecule has 0 saturated carbocycles. The van der Waals surface area contributed by atoms with E-state index in [9.17, 15) is 4.79 Å². The Morgan fingerprint density at radius 2 is 2.00 bits per heavy atom. The lowest BCUT2D eigenvalue weighted by atomic mass is 10.1. The number of carbonyl (C=O) groups excluding carboxylic acids is 1. The van der Waals surface area contributed by atoms with Crippen molar-refractivity contribution < 1.29 is 4.79 Å². The molecule has 2 aromatic rings. The average Bonchev–Trinajstić information content (AvgIpc) is 2.94. The SMILES string of the molecule is CC(C)C(C)NC(=O)CSc1nncn1-c1ccccc1. The molecule has 0 radical (unpaired) electrons. The topological polar surface area (TPSA) is 59.8 Å². The maximum Gasteiger partial charge on any atom is 0.230 e. The van der Waals surface area contributed by atoms with Crippen molar-refractivity contribution in [2.24, 2.45) is 5.92 Å². The van der Waals surface area contributed by atoms with E-state index in [2.05, 4.69) is 29.4 Å². The molecule has 0 aliphatic rings. The van der Waals surface area contributed by atoms with Crippen LogP contribution in [0.5, 0.6) is 0 Å². The van der Waals surface area contributed by atoms with Gasteiger partial charge in [0.15, 0.2) is 5.16 Å². The number of carbonyl (C=O) groups is 1. The van der Waals surface area contributed by atoms with Gasteiger partial charge in [0, 0.05) is 11.7 Å². The Morgan fingerprint density at radius 3 is 2.67 bits per heavy atom. The van der Waals surface area contributed by atoms with E-state index in [0.717, 1.165) is 5.69 Å². The fraction of sp³-hybridized carbons (Fsp3) is 0.400. The van der Waals surface area contributed by atoms with Crippen LogP contribution in [-0.2, 0) is 4.79 Å². The molecule has 2 rings (SSSR count). The molecule has 1 heterocycles. The summed E-state index contributed by atoms with van der Waals surface area (Å²) in [4.78, 5) is 11.9. The van der Waals surface area contributed by atoms with Crippen LogP contribution < -0.4 is 5.32 Å². The van der Waals surface area contributed by atoms with Crippen molar-refractivity contribution in [1.82, 2.24) is 20.1 Å². The number of aromatic nitrogens is 3. The lowest BCUT2D eigenvalue weighted by Gasteiger charge is -2.17. The Morgan fingerprint density at radius 1 is 1.29 bits per heavy atom. The highest BCUT2D eigenvalue weighted by Crippen LogP contribution is 2.19. The first-order chi connectivity index (χ1) is 10.1. The van der Waals surface area contributed by atoms with Crippen LogP contribution in [0.15, 0.2) is 41.8 Å². The Labute approximate surface area is 129 Å². The number of para-hydroxylation sites is 1. The number of rotatable bonds is 6. The van der Waals surface area contributed by atoms with Crippen LogP contribution in [0, 0.1) is 5.92 Å². The predicted octanol–water partition coefficient (Wildman–Crippen LogP) is 2.52. The maximum atomic E-state index is 11.9. The molecule has 1 aromatic carbocycles. The number of nitrogens with one attached hydrogen (secondary N) is 1. The van der Waals surface area contributed by atoms with Crippen molar-refractivity contribution in [3.63, 3.8) is 0 Å². The molecule has 0 spiro atoms. The highest BCUT2D eigenvalue weighted by molar-refractivity contribution is 7.99. The summed E-state index contributed by atoms with van der Waals surface area (Å²) in [6, 6.07) is 10.0. The molecule has 0 saturated heterocycles.